The van der Waals surface area contributed by atoms with E-state index in [0.717, 1.165) is 25.8 Å². The van der Waals surface area contributed by atoms with Gasteiger partial charge in [-0.1, -0.05) is 104 Å². The summed E-state index contributed by atoms with van der Waals surface area (Å²) in [6.07, 6.45) is 20.8. The smallest absolute Gasteiger partial charge is 0.309 e. The summed E-state index contributed by atoms with van der Waals surface area (Å²) < 4.78 is 22.4. The van der Waals surface area contributed by atoms with E-state index in [1.54, 1.807) is 0 Å². The summed E-state index contributed by atoms with van der Waals surface area (Å²) >= 11 is 0. The highest BCUT2D eigenvalue weighted by molar-refractivity contribution is 7.47. The zero-order valence-electron chi connectivity index (χ0n) is 22.9. The van der Waals surface area contributed by atoms with Crippen molar-refractivity contribution in [3.63, 3.8) is 0 Å². The largest absolute Gasteiger partial charge is 0.472 e. The van der Waals surface area contributed by atoms with Crippen molar-refractivity contribution >= 4 is 13.6 Å². The van der Waals surface area contributed by atoms with Crippen LogP contribution in [0.3, 0.4) is 0 Å². The monoisotopic (exact) mass is 505 g/mol. The predicted molar refractivity (Wildman–Crippen MR) is 143 cm³/mol. The summed E-state index contributed by atoms with van der Waals surface area (Å²) in [4.78, 5) is 23.9. The topological polar surface area (TPSA) is 76.1 Å². The van der Waals surface area contributed by atoms with E-state index >= 15 is 0 Å². The van der Waals surface area contributed by atoms with Crippen LogP contribution in [0.2, 0.25) is 0 Å². The first kappa shape index (κ1) is 33.7. The second-order valence-corrected chi connectivity index (χ2v) is 11.6. The molecular formula is C27H56NO5P. The Kier molecular flexibility index (Phi) is 23.0. The molecule has 0 rings (SSSR count). The highest BCUT2D eigenvalue weighted by Crippen LogP contribution is 2.44. The van der Waals surface area contributed by atoms with E-state index in [1.165, 1.54) is 77.0 Å². The molecule has 0 heterocycles. The second kappa shape index (κ2) is 23.2. The minimum Gasteiger partial charge on any atom is -0.309 e. The Hall–Kier alpha value is -0.260. The van der Waals surface area contributed by atoms with Gasteiger partial charge in [-0.15, -0.1) is 0 Å². The maximum atomic E-state index is 12.1. The minimum atomic E-state index is -4.06. The van der Waals surface area contributed by atoms with Gasteiger partial charge in [0.05, 0.1) is 13.2 Å². The van der Waals surface area contributed by atoms with Crippen molar-refractivity contribution in [1.82, 2.24) is 4.90 Å². The molecular weight excluding hydrogens is 449 g/mol. The van der Waals surface area contributed by atoms with Crippen LogP contribution in [-0.2, 0) is 18.4 Å². The average molecular weight is 506 g/mol. The number of rotatable bonds is 26. The van der Waals surface area contributed by atoms with Crippen LogP contribution in [0.4, 0.5) is 0 Å². The molecule has 1 N–H and O–H groups in total. The lowest BCUT2D eigenvalue weighted by atomic mass is 9.95. The Bertz CT molecular complexity index is 515. The first-order valence-electron chi connectivity index (χ1n) is 14.1. The number of ketones is 1. The van der Waals surface area contributed by atoms with E-state index in [4.69, 9.17) is 9.05 Å². The number of carbonyl (C=O) groups is 1. The molecule has 0 bridgehead atoms. The summed E-state index contributed by atoms with van der Waals surface area (Å²) in [6, 6.07) is 0. The molecule has 0 aromatic rings. The zero-order valence-corrected chi connectivity index (χ0v) is 23.8. The molecule has 204 valence electrons. The maximum Gasteiger partial charge on any atom is 0.472 e. The number of unbranched alkanes of at least 4 members (excludes halogenated alkanes) is 13. The quantitative estimate of drug-likeness (QED) is 0.0950. The van der Waals surface area contributed by atoms with Crippen molar-refractivity contribution in [2.45, 2.75) is 129 Å². The molecule has 2 atom stereocenters. The van der Waals surface area contributed by atoms with Gasteiger partial charge in [0.25, 0.3) is 0 Å². The average Bonchev–Trinajstić information content (AvgIpc) is 2.80. The number of Topliss-reactive ketones (excluding diaryl/α,β-unsaturated/α-hetero) is 1. The van der Waals surface area contributed by atoms with E-state index in [-0.39, 0.29) is 24.9 Å². The molecule has 7 heteroatoms. The lowest BCUT2D eigenvalue weighted by Crippen LogP contribution is -2.16. The Balaban J connectivity index is 3.91. The predicted octanol–water partition coefficient (Wildman–Crippen LogP) is 7.93. The molecule has 0 aliphatic heterocycles. The Morgan fingerprint density at radius 2 is 1.29 bits per heavy atom. The number of carbonyl (C=O) groups excluding carboxylic acids is 1. The molecule has 34 heavy (non-hydrogen) atoms. The van der Waals surface area contributed by atoms with E-state index in [1.807, 2.05) is 25.9 Å². The first-order valence-corrected chi connectivity index (χ1v) is 15.6. The molecule has 0 saturated heterocycles. The second-order valence-electron chi connectivity index (χ2n) is 10.1. The Labute approximate surface area is 211 Å². The van der Waals surface area contributed by atoms with Crippen LogP contribution in [0, 0.1) is 5.92 Å². The van der Waals surface area contributed by atoms with Gasteiger partial charge in [0.1, 0.15) is 5.78 Å². The Morgan fingerprint density at radius 3 is 1.76 bits per heavy atom. The zero-order chi connectivity index (χ0) is 25.5. The number of nitrogens with zero attached hydrogens (tertiary/aromatic N) is 1. The Morgan fingerprint density at radius 1 is 0.794 bits per heavy atom. The molecule has 0 aromatic heterocycles. The first-order chi connectivity index (χ1) is 16.3. The van der Waals surface area contributed by atoms with Gasteiger partial charge >= 0.3 is 7.82 Å². The van der Waals surface area contributed by atoms with Gasteiger partial charge in [-0.2, -0.15) is 0 Å². The van der Waals surface area contributed by atoms with Gasteiger partial charge in [0.15, 0.2) is 0 Å². The summed E-state index contributed by atoms with van der Waals surface area (Å²) in [5, 5.41) is 0. The molecule has 0 radical (unpaired) electrons. The fourth-order valence-corrected chi connectivity index (χ4v) is 4.97. The van der Waals surface area contributed by atoms with Crippen LogP contribution < -0.4 is 0 Å². The third-order valence-electron chi connectivity index (χ3n) is 6.35. The third kappa shape index (κ3) is 23.5. The van der Waals surface area contributed by atoms with Crippen molar-refractivity contribution in [3.8, 4) is 0 Å². The molecule has 0 aliphatic rings. The van der Waals surface area contributed by atoms with Crippen LogP contribution in [0.1, 0.15) is 129 Å². The molecule has 0 aromatic carbocycles. The summed E-state index contributed by atoms with van der Waals surface area (Å²) in [7, 11) is -0.169. The van der Waals surface area contributed by atoms with E-state index in [9.17, 15) is 14.3 Å². The van der Waals surface area contributed by atoms with Crippen LogP contribution in [0.25, 0.3) is 0 Å². The highest BCUT2D eigenvalue weighted by atomic mass is 31.2. The molecule has 0 fully saturated rings. The molecule has 0 amide bonds. The molecule has 0 saturated carbocycles. The highest BCUT2D eigenvalue weighted by Gasteiger charge is 2.24. The van der Waals surface area contributed by atoms with Crippen LogP contribution in [0.15, 0.2) is 0 Å². The van der Waals surface area contributed by atoms with Crippen molar-refractivity contribution in [1.29, 1.82) is 0 Å². The molecule has 6 nitrogen and oxygen atoms in total. The van der Waals surface area contributed by atoms with Crippen molar-refractivity contribution in [2.75, 3.05) is 33.9 Å². The van der Waals surface area contributed by atoms with E-state index < -0.39 is 7.82 Å². The van der Waals surface area contributed by atoms with Gasteiger partial charge in [-0.3, -0.25) is 13.8 Å². The van der Waals surface area contributed by atoms with Crippen molar-refractivity contribution in [2.24, 2.45) is 5.92 Å². The lowest BCUT2D eigenvalue weighted by molar-refractivity contribution is -0.120. The van der Waals surface area contributed by atoms with Gasteiger partial charge in [-0.25, -0.2) is 4.57 Å². The summed E-state index contributed by atoms with van der Waals surface area (Å²) in [5.41, 5.74) is 0. The van der Waals surface area contributed by atoms with Gasteiger partial charge in [-0.05, 0) is 39.4 Å². The lowest BCUT2D eigenvalue weighted by Gasteiger charge is -2.19. The van der Waals surface area contributed by atoms with E-state index in [2.05, 4.69) is 6.92 Å². The van der Waals surface area contributed by atoms with Crippen molar-refractivity contribution in [3.05, 3.63) is 0 Å². The molecule has 2 unspecified atom stereocenters. The van der Waals surface area contributed by atoms with Crippen LogP contribution in [-0.4, -0.2) is 49.4 Å². The van der Waals surface area contributed by atoms with Gasteiger partial charge in [0, 0.05) is 12.8 Å². The maximum absolute atomic E-state index is 12.1. The standard InChI is InChI=1S/C27H56NO5P/c1-5-7-8-9-10-11-12-13-14-15-16-17-18-19-21-26(24-27(29)6-2)25-33-34(30,31)32-23-20-22-28(3)4/h26H,5-25H2,1-4H3,(H,30,31). The fourth-order valence-electron chi connectivity index (χ4n) is 4.14. The van der Waals surface area contributed by atoms with Gasteiger partial charge in [0.2, 0.25) is 0 Å². The van der Waals surface area contributed by atoms with Crippen molar-refractivity contribution < 1.29 is 23.3 Å². The van der Waals surface area contributed by atoms with Crippen LogP contribution in [0.5, 0.6) is 0 Å². The molecule has 0 spiro atoms. The SMILES string of the molecule is CCCCCCCCCCCCCCCCC(COP(=O)(O)OCCCN(C)C)CC(=O)CC. The summed E-state index contributed by atoms with van der Waals surface area (Å²) in [5.74, 6) is 0.161. The summed E-state index contributed by atoms with van der Waals surface area (Å²) in [6.45, 7) is 5.20. The fraction of sp³-hybridized carbons (Fsp3) is 0.963. The molecule has 0 aliphatic carbocycles. The number of phosphoric acid groups is 1. The minimum absolute atomic E-state index is 0.0179. The number of hydrogen-bond acceptors (Lipinski definition) is 5. The van der Waals surface area contributed by atoms with E-state index in [0.29, 0.717) is 19.3 Å². The van der Waals surface area contributed by atoms with Gasteiger partial charge < -0.3 is 9.79 Å². The number of phosphoric ester groups is 1. The normalized spacial score (nSPS) is 14.4. The number of hydrogen-bond donors (Lipinski definition) is 1. The third-order valence-corrected chi connectivity index (χ3v) is 7.34. The van der Waals surface area contributed by atoms with Crippen LogP contribution >= 0.6 is 7.82 Å².